The molecule has 1 aliphatic rings. The molecule has 0 saturated carbocycles. The van der Waals surface area contributed by atoms with E-state index < -0.39 is 10.9 Å². The number of carbonyl (C=O) groups is 2. The van der Waals surface area contributed by atoms with Crippen LogP contribution >= 0.6 is 11.8 Å². The molecule has 92 valence electrons. The number of nitrogens with one attached hydrogen (secondary N) is 1. The van der Waals surface area contributed by atoms with E-state index in [1.165, 1.54) is 11.8 Å². The van der Waals surface area contributed by atoms with Crippen LogP contribution in [0.2, 0.25) is 0 Å². The lowest BCUT2D eigenvalue weighted by Crippen LogP contribution is -2.49. The Bertz CT molecular complexity index is 284. The Balaban J connectivity index is 2.56. The third kappa shape index (κ3) is 2.89. The van der Waals surface area contributed by atoms with Gasteiger partial charge < -0.3 is 9.47 Å². The predicted octanol–water partition coefficient (Wildman–Crippen LogP) is 0.534. The third-order valence-electron chi connectivity index (χ3n) is 2.22. The van der Waals surface area contributed by atoms with Gasteiger partial charge in [0, 0.05) is 5.75 Å². The zero-order chi connectivity index (χ0) is 12.2. The molecule has 0 aliphatic carbocycles. The summed E-state index contributed by atoms with van der Waals surface area (Å²) in [4.78, 5) is 22.3. The predicted molar refractivity (Wildman–Crippen MR) is 61.1 cm³/mol. The van der Waals surface area contributed by atoms with Gasteiger partial charge in [-0.1, -0.05) is 0 Å². The number of ether oxygens (including phenoxy) is 2. The van der Waals surface area contributed by atoms with Gasteiger partial charge in [0.25, 0.3) is 0 Å². The minimum Gasteiger partial charge on any atom is -0.465 e. The first-order valence-electron chi connectivity index (χ1n) is 5.29. The highest BCUT2D eigenvalue weighted by molar-refractivity contribution is 8.01. The maximum absolute atomic E-state index is 11.6. The SMILES string of the molecule is CCOC(=O)[C@@H]1CS[C@](C)(C(=O)OCC)N1. The van der Waals surface area contributed by atoms with Crippen LogP contribution in [-0.4, -0.2) is 41.8 Å². The first kappa shape index (κ1) is 13.3. The van der Waals surface area contributed by atoms with E-state index in [1.54, 1.807) is 20.8 Å². The number of carbonyl (C=O) groups excluding carboxylic acids is 2. The third-order valence-corrected chi connectivity index (χ3v) is 3.59. The molecule has 1 aliphatic heterocycles. The summed E-state index contributed by atoms with van der Waals surface area (Å²) in [5.41, 5.74) is 0. The first-order valence-corrected chi connectivity index (χ1v) is 6.27. The zero-order valence-corrected chi connectivity index (χ0v) is 10.6. The Kier molecular flexibility index (Phi) is 4.61. The molecule has 0 radical (unpaired) electrons. The van der Waals surface area contributed by atoms with Crippen LogP contribution < -0.4 is 5.32 Å². The van der Waals surface area contributed by atoms with Gasteiger partial charge in [0.15, 0.2) is 4.87 Å². The van der Waals surface area contributed by atoms with Crippen molar-refractivity contribution in [1.82, 2.24) is 5.32 Å². The van der Waals surface area contributed by atoms with Gasteiger partial charge in [-0.15, -0.1) is 11.8 Å². The summed E-state index contributed by atoms with van der Waals surface area (Å²) in [6, 6.07) is -0.431. The van der Waals surface area contributed by atoms with Crippen LogP contribution in [0.1, 0.15) is 20.8 Å². The van der Waals surface area contributed by atoms with Gasteiger partial charge in [-0.2, -0.15) is 0 Å². The van der Waals surface area contributed by atoms with Gasteiger partial charge in [0.1, 0.15) is 6.04 Å². The second kappa shape index (κ2) is 5.54. The summed E-state index contributed by atoms with van der Waals surface area (Å²) >= 11 is 1.37. The molecule has 1 N–H and O–H groups in total. The van der Waals surface area contributed by atoms with E-state index in [-0.39, 0.29) is 11.9 Å². The Hall–Kier alpha value is -0.750. The van der Waals surface area contributed by atoms with Gasteiger partial charge in [-0.3, -0.25) is 10.1 Å². The molecule has 5 nitrogen and oxygen atoms in total. The molecule has 0 amide bonds. The minimum absolute atomic E-state index is 0.317. The van der Waals surface area contributed by atoms with Crippen molar-refractivity contribution >= 4 is 23.7 Å². The monoisotopic (exact) mass is 247 g/mol. The fourth-order valence-corrected chi connectivity index (χ4v) is 2.54. The summed E-state index contributed by atoms with van der Waals surface area (Å²) in [6.45, 7) is 5.90. The van der Waals surface area contributed by atoms with Gasteiger partial charge in [0.05, 0.1) is 13.2 Å². The Morgan fingerprint density at radius 3 is 2.56 bits per heavy atom. The Morgan fingerprint density at radius 2 is 2.00 bits per heavy atom. The van der Waals surface area contributed by atoms with Crippen molar-refractivity contribution in [3.8, 4) is 0 Å². The number of hydrogen-bond donors (Lipinski definition) is 1. The fraction of sp³-hybridized carbons (Fsp3) is 0.800. The smallest absolute Gasteiger partial charge is 0.336 e. The van der Waals surface area contributed by atoms with Crippen molar-refractivity contribution in [3.05, 3.63) is 0 Å². The second-order valence-electron chi connectivity index (χ2n) is 3.51. The molecule has 0 aromatic heterocycles. The lowest BCUT2D eigenvalue weighted by atomic mass is 10.2. The zero-order valence-electron chi connectivity index (χ0n) is 9.74. The fourth-order valence-electron chi connectivity index (χ4n) is 1.42. The van der Waals surface area contributed by atoms with Crippen molar-refractivity contribution in [3.63, 3.8) is 0 Å². The van der Waals surface area contributed by atoms with Crippen molar-refractivity contribution in [2.24, 2.45) is 0 Å². The van der Waals surface area contributed by atoms with E-state index in [1.807, 2.05) is 0 Å². The standard InChI is InChI=1S/C10H17NO4S/c1-4-14-8(12)7-6-16-10(3,11-7)9(13)15-5-2/h7,11H,4-6H2,1-3H3/t7-,10+/m0/s1. The normalized spacial score (nSPS) is 28.8. The lowest BCUT2D eigenvalue weighted by molar-refractivity contribution is -0.148. The van der Waals surface area contributed by atoms with Crippen LogP contribution in [0.15, 0.2) is 0 Å². The summed E-state index contributed by atoms with van der Waals surface area (Å²) in [7, 11) is 0. The topological polar surface area (TPSA) is 64.6 Å². The molecule has 1 rings (SSSR count). The molecule has 1 heterocycles. The molecule has 1 fully saturated rings. The highest BCUT2D eigenvalue weighted by atomic mass is 32.2. The Labute approximate surface area is 99.2 Å². The molecular formula is C10H17NO4S. The van der Waals surface area contributed by atoms with Gasteiger partial charge in [0.2, 0.25) is 0 Å². The highest BCUT2D eigenvalue weighted by Gasteiger charge is 2.45. The van der Waals surface area contributed by atoms with E-state index in [0.29, 0.717) is 19.0 Å². The van der Waals surface area contributed by atoms with Crippen LogP contribution in [0.5, 0.6) is 0 Å². The molecule has 0 spiro atoms. The average Bonchev–Trinajstić information content (AvgIpc) is 2.63. The molecular weight excluding hydrogens is 230 g/mol. The van der Waals surface area contributed by atoms with Gasteiger partial charge in [-0.05, 0) is 20.8 Å². The van der Waals surface area contributed by atoms with Crippen molar-refractivity contribution in [1.29, 1.82) is 0 Å². The molecule has 0 aromatic carbocycles. The van der Waals surface area contributed by atoms with Gasteiger partial charge in [-0.25, -0.2) is 4.79 Å². The van der Waals surface area contributed by atoms with Crippen LogP contribution in [-0.2, 0) is 19.1 Å². The summed E-state index contributed by atoms with van der Waals surface area (Å²) in [5.74, 6) is -0.136. The second-order valence-corrected chi connectivity index (χ2v) is 4.95. The van der Waals surface area contributed by atoms with Crippen LogP contribution in [0.4, 0.5) is 0 Å². The maximum Gasteiger partial charge on any atom is 0.336 e. The number of thioether (sulfide) groups is 1. The molecule has 1 saturated heterocycles. The quantitative estimate of drug-likeness (QED) is 0.731. The van der Waals surface area contributed by atoms with E-state index in [2.05, 4.69) is 5.32 Å². The summed E-state index contributed by atoms with van der Waals surface area (Å²) < 4.78 is 9.83. The van der Waals surface area contributed by atoms with Gasteiger partial charge >= 0.3 is 11.9 Å². The average molecular weight is 247 g/mol. The number of rotatable bonds is 4. The molecule has 16 heavy (non-hydrogen) atoms. The minimum atomic E-state index is -0.840. The van der Waals surface area contributed by atoms with E-state index in [4.69, 9.17) is 9.47 Å². The number of esters is 2. The van der Waals surface area contributed by atoms with E-state index >= 15 is 0 Å². The van der Waals surface area contributed by atoms with Crippen LogP contribution in [0.25, 0.3) is 0 Å². The maximum atomic E-state index is 11.6. The number of hydrogen-bond acceptors (Lipinski definition) is 6. The first-order chi connectivity index (χ1) is 7.53. The van der Waals surface area contributed by atoms with E-state index in [9.17, 15) is 9.59 Å². The van der Waals surface area contributed by atoms with Crippen molar-refractivity contribution in [2.45, 2.75) is 31.7 Å². The molecule has 0 aromatic rings. The summed E-state index contributed by atoms with van der Waals surface area (Å²) in [5, 5.41) is 2.95. The van der Waals surface area contributed by atoms with Crippen molar-refractivity contribution in [2.75, 3.05) is 19.0 Å². The van der Waals surface area contributed by atoms with Crippen molar-refractivity contribution < 1.29 is 19.1 Å². The largest absolute Gasteiger partial charge is 0.465 e. The molecule has 6 heteroatoms. The summed E-state index contributed by atoms with van der Waals surface area (Å²) in [6.07, 6.45) is 0. The lowest BCUT2D eigenvalue weighted by Gasteiger charge is -2.21. The van der Waals surface area contributed by atoms with Crippen LogP contribution in [0, 0.1) is 0 Å². The molecule has 2 atom stereocenters. The molecule has 0 unspecified atom stereocenters. The Morgan fingerprint density at radius 1 is 1.38 bits per heavy atom. The molecule has 0 bridgehead atoms. The van der Waals surface area contributed by atoms with Crippen LogP contribution in [0.3, 0.4) is 0 Å². The highest BCUT2D eigenvalue weighted by Crippen LogP contribution is 2.31. The van der Waals surface area contributed by atoms with E-state index in [0.717, 1.165) is 0 Å².